The van der Waals surface area contributed by atoms with Gasteiger partial charge in [-0.15, -0.1) is 0 Å². The molecule has 0 bridgehead atoms. The SMILES string of the molecule is O=Cc1cn([C@H]2C[C@H](O)[C@@](F)(CO)O2)c(=O)[nH]c1=S. The quantitative estimate of drug-likeness (QED) is 0.519. The molecule has 1 saturated heterocycles. The van der Waals surface area contributed by atoms with Crippen LogP contribution in [-0.2, 0) is 4.74 Å². The number of hydrogen-bond donors (Lipinski definition) is 3. The largest absolute Gasteiger partial charge is 0.390 e. The number of alkyl halides is 1. The van der Waals surface area contributed by atoms with Crippen LogP contribution in [0.2, 0.25) is 0 Å². The maximum Gasteiger partial charge on any atom is 0.328 e. The van der Waals surface area contributed by atoms with Crippen LogP contribution in [0.3, 0.4) is 0 Å². The fraction of sp³-hybridized carbons (Fsp3) is 0.500. The molecule has 1 aliphatic heterocycles. The summed E-state index contributed by atoms with van der Waals surface area (Å²) in [5.74, 6) is -2.63. The van der Waals surface area contributed by atoms with Gasteiger partial charge in [0.15, 0.2) is 6.29 Å². The Balaban J connectivity index is 2.42. The van der Waals surface area contributed by atoms with Gasteiger partial charge in [0.2, 0.25) is 0 Å². The Morgan fingerprint density at radius 3 is 2.95 bits per heavy atom. The van der Waals surface area contributed by atoms with E-state index in [2.05, 4.69) is 4.98 Å². The van der Waals surface area contributed by atoms with E-state index in [1.807, 2.05) is 0 Å². The molecule has 9 heteroatoms. The second kappa shape index (κ2) is 4.93. The standard InChI is InChI=1S/C10H11FN2O5S/c11-10(4-15)6(16)1-7(18-10)13-2-5(3-14)8(19)12-9(13)17/h2-3,6-7,15-16H,1,4H2,(H,12,17,19)/t6-,7+,10+/m0/s1. The molecule has 1 aromatic heterocycles. The number of hydrogen-bond acceptors (Lipinski definition) is 6. The van der Waals surface area contributed by atoms with Crippen LogP contribution in [0.25, 0.3) is 0 Å². The number of nitrogens with one attached hydrogen (secondary N) is 1. The van der Waals surface area contributed by atoms with Gasteiger partial charge in [-0.1, -0.05) is 12.2 Å². The molecule has 0 saturated carbocycles. The lowest BCUT2D eigenvalue weighted by atomic mass is 10.1. The lowest BCUT2D eigenvalue weighted by molar-refractivity contribution is -0.207. The van der Waals surface area contributed by atoms with Gasteiger partial charge in [0.25, 0.3) is 5.85 Å². The van der Waals surface area contributed by atoms with Crippen LogP contribution in [0.15, 0.2) is 11.0 Å². The van der Waals surface area contributed by atoms with Crippen LogP contribution in [0, 0.1) is 4.64 Å². The smallest absolute Gasteiger partial charge is 0.328 e. The first kappa shape index (κ1) is 14.0. The zero-order chi connectivity index (χ0) is 14.2. The van der Waals surface area contributed by atoms with Crippen LogP contribution < -0.4 is 5.69 Å². The number of halogens is 1. The van der Waals surface area contributed by atoms with E-state index < -0.39 is 30.5 Å². The summed E-state index contributed by atoms with van der Waals surface area (Å²) in [6, 6.07) is 0. The maximum atomic E-state index is 13.8. The molecule has 3 atom stereocenters. The van der Waals surface area contributed by atoms with Gasteiger partial charge in [0.1, 0.15) is 23.6 Å². The Morgan fingerprint density at radius 1 is 1.74 bits per heavy atom. The molecular weight excluding hydrogens is 279 g/mol. The van der Waals surface area contributed by atoms with Crippen molar-refractivity contribution in [1.29, 1.82) is 0 Å². The minimum Gasteiger partial charge on any atom is -0.390 e. The Bertz CT molecular complexity index is 615. The summed E-state index contributed by atoms with van der Waals surface area (Å²) in [5.41, 5.74) is -0.664. The zero-order valence-electron chi connectivity index (χ0n) is 9.58. The summed E-state index contributed by atoms with van der Waals surface area (Å²) in [7, 11) is 0. The fourth-order valence-corrected chi connectivity index (χ4v) is 2.02. The molecule has 0 aromatic carbocycles. The molecule has 1 aromatic rings. The summed E-state index contributed by atoms with van der Waals surface area (Å²) < 4.78 is 19.5. The first-order valence-electron chi connectivity index (χ1n) is 5.37. The van der Waals surface area contributed by atoms with Crippen molar-refractivity contribution in [1.82, 2.24) is 9.55 Å². The van der Waals surface area contributed by atoms with E-state index in [9.17, 15) is 19.1 Å². The molecule has 0 unspecified atom stereocenters. The highest BCUT2D eigenvalue weighted by molar-refractivity contribution is 7.71. The molecule has 19 heavy (non-hydrogen) atoms. The second-order valence-corrected chi connectivity index (χ2v) is 4.55. The van der Waals surface area contributed by atoms with E-state index in [0.29, 0.717) is 6.29 Å². The first-order valence-corrected chi connectivity index (χ1v) is 5.78. The predicted octanol–water partition coefficient (Wildman–Crippen LogP) is -0.344. The first-order chi connectivity index (χ1) is 8.91. The van der Waals surface area contributed by atoms with Gasteiger partial charge in [-0.25, -0.2) is 9.18 Å². The summed E-state index contributed by atoms with van der Waals surface area (Å²) in [6.45, 7) is -1.04. The number of nitrogens with zero attached hydrogens (tertiary/aromatic N) is 1. The summed E-state index contributed by atoms with van der Waals surface area (Å²) in [6.07, 6.45) is -1.38. The minimum atomic E-state index is -2.63. The highest BCUT2D eigenvalue weighted by Crippen LogP contribution is 2.36. The summed E-state index contributed by atoms with van der Waals surface area (Å²) >= 11 is 4.76. The molecule has 2 heterocycles. The molecule has 104 valence electrons. The summed E-state index contributed by atoms with van der Waals surface area (Å²) in [5, 5.41) is 18.3. The van der Waals surface area contributed by atoms with Crippen LogP contribution in [-0.4, -0.2) is 44.6 Å². The Kier molecular flexibility index (Phi) is 3.63. The third kappa shape index (κ3) is 2.37. The van der Waals surface area contributed by atoms with Gasteiger partial charge in [-0.2, -0.15) is 0 Å². The Morgan fingerprint density at radius 2 is 2.42 bits per heavy atom. The number of rotatable bonds is 3. The van der Waals surface area contributed by atoms with E-state index in [1.165, 1.54) is 0 Å². The molecule has 2 rings (SSSR count). The van der Waals surface area contributed by atoms with E-state index in [4.69, 9.17) is 22.1 Å². The van der Waals surface area contributed by atoms with Gasteiger partial charge >= 0.3 is 5.69 Å². The van der Waals surface area contributed by atoms with Gasteiger partial charge < -0.3 is 14.9 Å². The molecule has 3 N–H and O–H groups in total. The highest BCUT2D eigenvalue weighted by Gasteiger charge is 2.49. The fourth-order valence-electron chi connectivity index (χ4n) is 1.83. The topological polar surface area (TPSA) is 105 Å². The second-order valence-electron chi connectivity index (χ2n) is 4.14. The number of aliphatic hydroxyl groups is 2. The lowest BCUT2D eigenvalue weighted by Crippen LogP contribution is -2.38. The molecular formula is C10H11FN2O5S. The van der Waals surface area contributed by atoms with E-state index in [0.717, 1.165) is 10.8 Å². The number of carbonyl (C=O) groups excluding carboxylic acids is 1. The van der Waals surface area contributed by atoms with E-state index >= 15 is 0 Å². The van der Waals surface area contributed by atoms with Crippen molar-refractivity contribution in [3.05, 3.63) is 26.9 Å². The Hall–Kier alpha value is -1.42. The average Bonchev–Trinajstić information content (AvgIpc) is 2.66. The summed E-state index contributed by atoms with van der Waals surface area (Å²) in [4.78, 5) is 24.7. The molecule has 7 nitrogen and oxygen atoms in total. The third-order valence-corrected chi connectivity index (χ3v) is 3.24. The van der Waals surface area contributed by atoms with Crippen LogP contribution in [0.4, 0.5) is 4.39 Å². The van der Waals surface area contributed by atoms with Crippen molar-refractivity contribution in [3.8, 4) is 0 Å². The number of ether oxygens (including phenoxy) is 1. The number of carbonyl (C=O) groups is 1. The number of H-pyrrole nitrogens is 1. The van der Waals surface area contributed by atoms with Crippen molar-refractivity contribution >= 4 is 18.5 Å². The molecule has 0 radical (unpaired) electrons. The normalized spacial score (nSPS) is 30.5. The van der Waals surface area contributed by atoms with Crippen molar-refractivity contribution in [3.63, 3.8) is 0 Å². The Labute approximate surface area is 111 Å². The number of aldehydes is 1. The molecule has 1 fully saturated rings. The van der Waals surface area contributed by atoms with Gasteiger partial charge in [0.05, 0.1) is 5.56 Å². The maximum absolute atomic E-state index is 13.8. The lowest BCUT2D eigenvalue weighted by Gasteiger charge is -2.20. The van der Waals surface area contributed by atoms with Crippen LogP contribution >= 0.6 is 12.2 Å². The van der Waals surface area contributed by atoms with Crippen molar-refractivity contribution in [2.24, 2.45) is 0 Å². The van der Waals surface area contributed by atoms with Crippen LogP contribution in [0.5, 0.6) is 0 Å². The number of aliphatic hydroxyl groups excluding tert-OH is 2. The number of aromatic nitrogens is 2. The van der Waals surface area contributed by atoms with Crippen molar-refractivity contribution in [2.45, 2.75) is 24.6 Å². The third-order valence-electron chi connectivity index (χ3n) is 2.90. The van der Waals surface area contributed by atoms with Crippen molar-refractivity contribution < 1.29 is 24.1 Å². The molecule has 0 amide bonds. The average molecular weight is 290 g/mol. The van der Waals surface area contributed by atoms with Gasteiger partial charge in [0, 0.05) is 12.6 Å². The molecule has 0 aliphatic carbocycles. The van der Waals surface area contributed by atoms with E-state index in [-0.39, 0.29) is 16.6 Å². The van der Waals surface area contributed by atoms with E-state index in [1.54, 1.807) is 0 Å². The van der Waals surface area contributed by atoms with Gasteiger partial charge in [-0.3, -0.25) is 14.3 Å². The van der Waals surface area contributed by atoms with Crippen molar-refractivity contribution in [2.75, 3.05) is 6.61 Å². The predicted molar refractivity (Wildman–Crippen MR) is 62.9 cm³/mol. The zero-order valence-corrected chi connectivity index (χ0v) is 10.4. The molecule has 1 aliphatic rings. The van der Waals surface area contributed by atoms with Gasteiger partial charge in [-0.05, 0) is 0 Å². The number of aromatic amines is 1. The minimum absolute atomic E-state index is 0.0352. The van der Waals surface area contributed by atoms with Crippen LogP contribution in [0.1, 0.15) is 23.0 Å². The monoisotopic (exact) mass is 290 g/mol. The highest BCUT2D eigenvalue weighted by atomic mass is 32.1. The molecule has 0 spiro atoms.